The van der Waals surface area contributed by atoms with Crippen molar-refractivity contribution < 1.29 is 4.79 Å². The van der Waals surface area contributed by atoms with Crippen LogP contribution >= 0.6 is 0 Å². The van der Waals surface area contributed by atoms with Gasteiger partial charge in [0, 0.05) is 18.5 Å². The highest BCUT2D eigenvalue weighted by Crippen LogP contribution is 2.26. The maximum Gasteiger partial charge on any atom is 0.221 e. The average molecular weight is 266 g/mol. The molecule has 110 valence electrons. The van der Waals surface area contributed by atoms with Gasteiger partial charge in [0.1, 0.15) is 0 Å². The summed E-state index contributed by atoms with van der Waals surface area (Å²) >= 11 is 0. The second kappa shape index (κ2) is 7.28. The number of carbonyl (C=O) groups is 1. The van der Waals surface area contributed by atoms with Gasteiger partial charge in [0.05, 0.1) is 0 Å². The molecule has 1 aliphatic carbocycles. The Bertz CT molecular complexity index is 284. The smallest absolute Gasteiger partial charge is 0.221 e. The van der Waals surface area contributed by atoms with E-state index >= 15 is 0 Å². The van der Waals surface area contributed by atoms with E-state index in [0.717, 1.165) is 12.5 Å². The van der Waals surface area contributed by atoms with E-state index in [0.29, 0.717) is 24.4 Å². The van der Waals surface area contributed by atoms with E-state index in [1.807, 2.05) is 0 Å². The lowest BCUT2D eigenvalue weighted by Gasteiger charge is -2.32. The second-order valence-corrected chi connectivity index (χ2v) is 6.58. The minimum atomic E-state index is 0.256. The van der Waals surface area contributed by atoms with Gasteiger partial charge in [-0.3, -0.25) is 4.79 Å². The van der Waals surface area contributed by atoms with Crippen molar-refractivity contribution in [3.05, 3.63) is 0 Å². The van der Waals surface area contributed by atoms with Crippen LogP contribution in [-0.2, 0) is 4.79 Å². The number of hydrogen-bond donors (Lipinski definition) is 2. The first kappa shape index (κ1) is 14.8. The molecule has 2 rings (SSSR count). The van der Waals surface area contributed by atoms with Crippen LogP contribution in [0.25, 0.3) is 0 Å². The molecule has 3 nitrogen and oxygen atoms in total. The topological polar surface area (TPSA) is 41.1 Å². The zero-order valence-corrected chi connectivity index (χ0v) is 12.6. The fourth-order valence-electron chi connectivity index (χ4n) is 3.59. The summed E-state index contributed by atoms with van der Waals surface area (Å²) < 4.78 is 0. The molecule has 0 spiro atoms. The molecule has 1 aliphatic heterocycles. The third-order valence-electron chi connectivity index (χ3n) is 5.12. The molecule has 0 aromatic heterocycles. The molecule has 3 heteroatoms. The Kier molecular flexibility index (Phi) is 5.68. The van der Waals surface area contributed by atoms with E-state index in [4.69, 9.17) is 0 Å². The Morgan fingerprint density at radius 2 is 1.95 bits per heavy atom. The van der Waals surface area contributed by atoms with Gasteiger partial charge < -0.3 is 10.6 Å². The summed E-state index contributed by atoms with van der Waals surface area (Å²) in [5.41, 5.74) is 0. The van der Waals surface area contributed by atoms with Crippen LogP contribution in [0.1, 0.15) is 65.2 Å². The molecule has 2 aliphatic rings. The largest absolute Gasteiger partial charge is 0.353 e. The monoisotopic (exact) mass is 266 g/mol. The van der Waals surface area contributed by atoms with Gasteiger partial charge in [0.2, 0.25) is 5.91 Å². The molecule has 2 N–H and O–H groups in total. The third-order valence-corrected chi connectivity index (χ3v) is 5.12. The minimum Gasteiger partial charge on any atom is -0.353 e. The van der Waals surface area contributed by atoms with E-state index in [1.54, 1.807) is 0 Å². The Hall–Kier alpha value is -0.570. The molecule has 0 aromatic carbocycles. The molecular weight excluding hydrogens is 236 g/mol. The summed E-state index contributed by atoms with van der Waals surface area (Å²) in [7, 11) is 0. The molecule has 1 heterocycles. The molecule has 1 saturated heterocycles. The summed E-state index contributed by atoms with van der Waals surface area (Å²) in [5.74, 6) is 1.79. The van der Waals surface area contributed by atoms with Crippen LogP contribution in [0.4, 0.5) is 0 Å². The predicted molar refractivity (Wildman–Crippen MR) is 79.0 cm³/mol. The fourth-order valence-corrected chi connectivity index (χ4v) is 3.59. The van der Waals surface area contributed by atoms with Crippen LogP contribution in [0.5, 0.6) is 0 Å². The van der Waals surface area contributed by atoms with Crippen LogP contribution in [0.15, 0.2) is 0 Å². The number of hydrogen-bond acceptors (Lipinski definition) is 2. The lowest BCUT2D eigenvalue weighted by molar-refractivity contribution is -0.123. The molecule has 1 saturated carbocycles. The minimum absolute atomic E-state index is 0.256. The normalized spacial score (nSPS) is 35.9. The van der Waals surface area contributed by atoms with Gasteiger partial charge in [-0.2, -0.15) is 0 Å². The van der Waals surface area contributed by atoms with Gasteiger partial charge >= 0.3 is 0 Å². The molecule has 2 atom stereocenters. The maximum absolute atomic E-state index is 12.1. The summed E-state index contributed by atoms with van der Waals surface area (Å²) in [6.07, 6.45) is 9.40. The third kappa shape index (κ3) is 4.48. The first-order chi connectivity index (χ1) is 9.19. The van der Waals surface area contributed by atoms with Crippen LogP contribution in [0, 0.1) is 11.8 Å². The van der Waals surface area contributed by atoms with Gasteiger partial charge in [0.25, 0.3) is 0 Å². The first-order valence-electron chi connectivity index (χ1n) is 8.21. The van der Waals surface area contributed by atoms with Crippen LogP contribution in [0.2, 0.25) is 0 Å². The average Bonchev–Trinajstić information content (AvgIpc) is 2.42. The van der Waals surface area contributed by atoms with Crippen LogP contribution < -0.4 is 10.6 Å². The summed E-state index contributed by atoms with van der Waals surface area (Å²) in [4.78, 5) is 12.1. The van der Waals surface area contributed by atoms with Crippen LogP contribution in [-0.4, -0.2) is 24.5 Å². The first-order valence-corrected chi connectivity index (χ1v) is 8.21. The Morgan fingerprint density at radius 1 is 1.21 bits per heavy atom. The lowest BCUT2D eigenvalue weighted by atomic mass is 9.84. The number of piperidine rings is 1. The number of amides is 1. The van der Waals surface area contributed by atoms with E-state index in [1.165, 1.54) is 44.9 Å². The maximum atomic E-state index is 12.1. The van der Waals surface area contributed by atoms with Gasteiger partial charge in [-0.25, -0.2) is 0 Å². The molecule has 1 amide bonds. The molecular formula is C16H30N2O. The highest BCUT2D eigenvalue weighted by Gasteiger charge is 2.25. The van der Waals surface area contributed by atoms with E-state index in [2.05, 4.69) is 24.5 Å². The van der Waals surface area contributed by atoms with Gasteiger partial charge in [-0.1, -0.05) is 20.3 Å². The van der Waals surface area contributed by atoms with Gasteiger partial charge in [0.15, 0.2) is 0 Å². The van der Waals surface area contributed by atoms with Crippen molar-refractivity contribution in [3.63, 3.8) is 0 Å². The Labute approximate surface area is 117 Å². The number of nitrogens with one attached hydrogen (secondary N) is 2. The zero-order valence-electron chi connectivity index (χ0n) is 12.6. The summed E-state index contributed by atoms with van der Waals surface area (Å²) in [6, 6.07) is 0.829. The standard InChI is InChI=1S/C16H30N2O/c1-3-13-6-8-14(9-7-13)18-16(19)11-15-12(2)5-4-10-17-15/h12-15,17H,3-11H2,1-2H3,(H,18,19). The number of carbonyl (C=O) groups excluding carboxylic acids is 1. The SMILES string of the molecule is CCC1CCC(NC(=O)CC2NCCCC2C)CC1. The molecule has 2 unspecified atom stereocenters. The van der Waals surface area contributed by atoms with Crippen molar-refractivity contribution in [2.45, 2.75) is 77.3 Å². The Balaban J connectivity index is 1.69. The summed E-state index contributed by atoms with van der Waals surface area (Å²) in [6.45, 7) is 5.61. The number of rotatable bonds is 4. The van der Waals surface area contributed by atoms with E-state index < -0.39 is 0 Å². The van der Waals surface area contributed by atoms with Crippen molar-refractivity contribution in [1.29, 1.82) is 0 Å². The fraction of sp³-hybridized carbons (Fsp3) is 0.938. The summed E-state index contributed by atoms with van der Waals surface area (Å²) in [5, 5.41) is 6.74. The predicted octanol–water partition coefficient (Wildman–Crippen LogP) is 2.85. The van der Waals surface area contributed by atoms with Crippen molar-refractivity contribution in [1.82, 2.24) is 10.6 Å². The van der Waals surface area contributed by atoms with Crippen LogP contribution in [0.3, 0.4) is 0 Å². The van der Waals surface area contributed by atoms with Crippen molar-refractivity contribution in [2.24, 2.45) is 11.8 Å². The molecule has 0 aromatic rings. The van der Waals surface area contributed by atoms with Crippen molar-refractivity contribution >= 4 is 5.91 Å². The van der Waals surface area contributed by atoms with Gasteiger partial charge in [-0.15, -0.1) is 0 Å². The van der Waals surface area contributed by atoms with Crippen molar-refractivity contribution in [2.75, 3.05) is 6.54 Å². The highest BCUT2D eigenvalue weighted by molar-refractivity contribution is 5.77. The highest BCUT2D eigenvalue weighted by atomic mass is 16.1. The molecule has 0 bridgehead atoms. The Morgan fingerprint density at radius 3 is 2.58 bits per heavy atom. The molecule has 0 radical (unpaired) electrons. The zero-order chi connectivity index (χ0) is 13.7. The molecule has 2 fully saturated rings. The van der Waals surface area contributed by atoms with E-state index in [9.17, 15) is 4.79 Å². The van der Waals surface area contributed by atoms with Gasteiger partial charge in [-0.05, 0) is 56.9 Å². The molecule has 19 heavy (non-hydrogen) atoms. The lowest BCUT2D eigenvalue weighted by Crippen LogP contribution is -2.45. The van der Waals surface area contributed by atoms with E-state index in [-0.39, 0.29) is 5.91 Å². The van der Waals surface area contributed by atoms with Crippen molar-refractivity contribution in [3.8, 4) is 0 Å². The second-order valence-electron chi connectivity index (χ2n) is 6.58. The quantitative estimate of drug-likeness (QED) is 0.821.